The van der Waals surface area contributed by atoms with Gasteiger partial charge in [0, 0.05) is 19.7 Å². The van der Waals surface area contributed by atoms with Crippen molar-refractivity contribution in [3.05, 3.63) is 0 Å². The molecule has 2 fully saturated rings. The Bertz CT molecular complexity index is 402. The lowest BCUT2D eigenvalue weighted by atomic mass is 10.1. The van der Waals surface area contributed by atoms with Gasteiger partial charge >= 0.3 is 10.3 Å². The molecule has 0 saturated carbocycles. The Morgan fingerprint density at radius 2 is 1.59 bits per heavy atom. The molecule has 130 valence electrons. The number of hydrogen-bond donors (Lipinski definition) is 1. The summed E-state index contributed by atoms with van der Waals surface area (Å²) in [5.74, 6) is 0. The summed E-state index contributed by atoms with van der Waals surface area (Å²) in [5.41, 5.74) is 0. The minimum absolute atomic E-state index is 0.141. The minimum Gasteiger partial charge on any atom is -0.378 e. The summed E-state index contributed by atoms with van der Waals surface area (Å²) in [6.07, 6.45) is 9.06. The zero-order chi connectivity index (χ0) is 15.8. The van der Waals surface area contributed by atoms with Gasteiger partial charge in [-0.25, -0.2) is 0 Å². The molecule has 0 aliphatic carbocycles. The van der Waals surface area contributed by atoms with Crippen LogP contribution in [-0.4, -0.2) is 67.6 Å². The second kappa shape index (κ2) is 9.17. The van der Waals surface area contributed by atoms with Crippen LogP contribution in [0.2, 0.25) is 0 Å². The van der Waals surface area contributed by atoms with Crippen molar-refractivity contribution in [2.45, 2.75) is 57.5 Å². The maximum Gasteiger partial charge on any atom is 0.335 e. The first-order valence-electron chi connectivity index (χ1n) is 8.62. The maximum atomic E-state index is 11.0. The van der Waals surface area contributed by atoms with Gasteiger partial charge < -0.3 is 9.64 Å². The first kappa shape index (κ1) is 18.1. The van der Waals surface area contributed by atoms with E-state index in [4.69, 9.17) is 9.29 Å². The van der Waals surface area contributed by atoms with Gasteiger partial charge in [-0.1, -0.05) is 12.8 Å². The van der Waals surface area contributed by atoms with Crippen molar-refractivity contribution in [2.24, 2.45) is 0 Å². The fourth-order valence-corrected chi connectivity index (χ4v) is 3.95. The van der Waals surface area contributed by atoms with Gasteiger partial charge in [0.1, 0.15) is 0 Å². The van der Waals surface area contributed by atoms with Crippen molar-refractivity contribution in [3.8, 4) is 0 Å². The monoisotopic (exact) mass is 334 g/mol. The van der Waals surface area contributed by atoms with Gasteiger partial charge in [-0.15, -0.1) is 0 Å². The average Bonchev–Trinajstić information content (AvgIpc) is 2.99. The molecule has 22 heavy (non-hydrogen) atoms. The SMILES string of the molecule is O=S(=O)(O)N1CCC(OCCCCCCN2CCCC2)CC1. The van der Waals surface area contributed by atoms with Gasteiger partial charge in [0.2, 0.25) is 0 Å². The van der Waals surface area contributed by atoms with Gasteiger partial charge in [0.05, 0.1) is 6.10 Å². The Morgan fingerprint density at radius 1 is 0.955 bits per heavy atom. The Hall–Kier alpha value is -0.210. The molecule has 0 aromatic rings. The Balaban J connectivity index is 1.43. The second-order valence-electron chi connectivity index (χ2n) is 6.41. The molecular weight excluding hydrogens is 304 g/mol. The highest BCUT2D eigenvalue weighted by Crippen LogP contribution is 2.16. The van der Waals surface area contributed by atoms with Crippen LogP contribution < -0.4 is 0 Å². The largest absolute Gasteiger partial charge is 0.378 e. The van der Waals surface area contributed by atoms with Crippen LogP contribution in [0.25, 0.3) is 0 Å². The fraction of sp³-hybridized carbons (Fsp3) is 1.00. The lowest BCUT2D eigenvalue weighted by Crippen LogP contribution is -2.40. The molecule has 2 aliphatic heterocycles. The zero-order valence-corrected chi connectivity index (χ0v) is 14.3. The van der Waals surface area contributed by atoms with E-state index in [0.717, 1.165) is 17.3 Å². The number of rotatable bonds is 9. The topological polar surface area (TPSA) is 70.1 Å². The summed E-state index contributed by atoms with van der Waals surface area (Å²) < 4.78 is 37.9. The summed E-state index contributed by atoms with van der Waals surface area (Å²) in [4.78, 5) is 2.56. The summed E-state index contributed by atoms with van der Waals surface area (Å²) >= 11 is 0. The molecule has 0 aromatic carbocycles. The number of hydrogen-bond acceptors (Lipinski definition) is 4. The third kappa shape index (κ3) is 6.50. The van der Waals surface area contributed by atoms with E-state index < -0.39 is 10.3 Å². The van der Waals surface area contributed by atoms with Crippen LogP contribution in [0.4, 0.5) is 0 Å². The Labute approximate surface area is 134 Å². The normalized spacial score (nSPS) is 22.4. The molecule has 6 nitrogen and oxygen atoms in total. The lowest BCUT2D eigenvalue weighted by molar-refractivity contribution is 0.0181. The van der Waals surface area contributed by atoms with E-state index in [2.05, 4.69) is 4.90 Å². The van der Waals surface area contributed by atoms with Crippen LogP contribution >= 0.6 is 0 Å². The van der Waals surface area contributed by atoms with E-state index in [0.29, 0.717) is 25.9 Å². The van der Waals surface area contributed by atoms with Crippen LogP contribution in [-0.2, 0) is 15.0 Å². The van der Waals surface area contributed by atoms with Crippen LogP contribution in [0.1, 0.15) is 51.4 Å². The van der Waals surface area contributed by atoms with Crippen LogP contribution in [0.3, 0.4) is 0 Å². The van der Waals surface area contributed by atoms with E-state index >= 15 is 0 Å². The molecular formula is C15H30N2O4S. The molecule has 2 rings (SSSR count). The molecule has 0 bridgehead atoms. The van der Waals surface area contributed by atoms with Gasteiger partial charge in [-0.3, -0.25) is 4.55 Å². The smallest absolute Gasteiger partial charge is 0.335 e. The van der Waals surface area contributed by atoms with Gasteiger partial charge in [0.25, 0.3) is 0 Å². The van der Waals surface area contributed by atoms with E-state index in [-0.39, 0.29) is 6.10 Å². The molecule has 0 aromatic heterocycles. The first-order chi connectivity index (χ1) is 10.6. The van der Waals surface area contributed by atoms with Crippen LogP contribution in [0.5, 0.6) is 0 Å². The van der Waals surface area contributed by atoms with Crippen LogP contribution in [0.15, 0.2) is 0 Å². The number of piperidine rings is 1. The second-order valence-corrected chi connectivity index (χ2v) is 7.82. The molecule has 7 heteroatoms. The van der Waals surface area contributed by atoms with E-state index in [9.17, 15) is 8.42 Å². The highest BCUT2D eigenvalue weighted by Gasteiger charge is 2.26. The first-order valence-corrected chi connectivity index (χ1v) is 10.0. The lowest BCUT2D eigenvalue weighted by Gasteiger charge is -2.29. The Morgan fingerprint density at radius 3 is 2.23 bits per heavy atom. The van der Waals surface area contributed by atoms with Crippen molar-refractivity contribution in [1.29, 1.82) is 0 Å². The maximum absolute atomic E-state index is 11.0. The standard InChI is InChI=1S/C15H30N2O4S/c18-22(19,20)17-12-7-15(8-13-17)21-14-6-2-1-3-9-16-10-4-5-11-16/h15H,1-14H2,(H,18,19,20). The third-order valence-electron chi connectivity index (χ3n) is 4.65. The summed E-state index contributed by atoms with van der Waals surface area (Å²) in [6, 6.07) is 0. The molecule has 0 spiro atoms. The van der Waals surface area contributed by atoms with Crippen LogP contribution in [0, 0.1) is 0 Å². The predicted molar refractivity (Wildman–Crippen MR) is 86.2 cm³/mol. The number of likely N-dealkylation sites (tertiary alicyclic amines) is 1. The van der Waals surface area contributed by atoms with Crippen molar-refractivity contribution < 1.29 is 17.7 Å². The number of nitrogens with zero attached hydrogens (tertiary/aromatic N) is 2. The molecule has 0 unspecified atom stereocenters. The highest BCUT2D eigenvalue weighted by atomic mass is 32.2. The van der Waals surface area contributed by atoms with Crippen molar-refractivity contribution in [2.75, 3.05) is 39.3 Å². The quantitative estimate of drug-likeness (QED) is 0.515. The number of unbranched alkanes of at least 4 members (excludes halogenated alkanes) is 3. The molecule has 0 amide bonds. The van der Waals surface area contributed by atoms with Gasteiger partial charge in [-0.2, -0.15) is 12.7 Å². The van der Waals surface area contributed by atoms with Gasteiger partial charge in [-0.05, 0) is 58.2 Å². The summed E-state index contributed by atoms with van der Waals surface area (Å²) in [5, 5.41) is 0. The third-order valence-corrected chi connectivity index (χ3v) is 5.67. The van der Waals surface area contributed by atoms with Gasteiger partial charge in [0.15, 0.2) is 0 Å². The minimum atomic E-state index is -4.02. The number of ether oxygens (including phenoxy) is 1. The highest BCUT2D eigenvalue weighted by molar-refractivity contribution is 7.83. The zero-order valence-electron chi connectivity index (χ0n) is 13.5. The van der Waals surface area contributed by atoms with E-state index in [1.54, 1.807) is 0 Å². The van der Waals surface area contributed by atoms with Crippen molar-refractivity contribution in [1.82, 2.24) is 9.21 Å². The average molecular weight is 334 g/mol. The van der Waals surface area contributed by atoms with E-state index in [1.807, 2.05) is 0 Å². The molecule has 1 N–H and O–H groups in total. The Kier molecular flexibility index (Phi) is 7.56. The molecule has 2 heterocycles. The van der Waals surface area contributed by atoms with Crippen molar-refractivity contribution >= 4 is 10.3 Å². The van der Waals surface area contributed by atoms with E-state index in [1.165, 1.54) is 51.7 Å². The molecule has 2 saturated heterocycles. The van der Waals surface area contributed by atoms with Crippen molar-refractivity contribution in [3.63, 3.8) is 0 Å². The fourth-order valence-electron chi connectivity index (χ4n) is 3.28. The molecule has 0 atom stereocenters. The summed E-state index contributed by atoms with van der Waals surface area (Å²) in [6.45, 7) is 5.30. The predicted octanol–water partition coefficient (Wildman–Crippen LogP) is 1.93. The summed E-state index contributed by atoms with van der Waals surface area (Å²) in [7, 11) is -4.02. The molecule has 0 radical (unpaired) electrons. The molecule has 2 aliphatic rings.